The quantitative estimate of drug-likeness (QED) is 0.877. The van der Waals surface area contributed by atoms with Crippen molar-refractivity contribution < 1.29 is 4.79 Å². The molecule has 5 heteroatoms. The van der Waals surface area contributed by atoms with Gasteiger partial charge in [0, 0.05) is 25.8 Å². The molecular weight excluding hydrogens is 286 g/mol. The Kier molecular flexibility index (Phi) is 6.12. The van der Waals surface area contributed by atoms with Crippen LogP contribution in [0.4, 0.5) is 0 Å². The lowest BCUT2D eigenvalue weighted by Crippen LogP contribution is -2.40. The third kappa shape index (κ3) is 4.24. The number of hydrogen-bond donors (Lipinski definition) is 1. The first-order valence-electron chi connectivity index (χ1n) is 8.01. The molecule has 1 fully saturated rings. The highest BCUT2D eigenvalue weighted by atomic mass is 35.5. The summed E-state index contributed by atoms with van der Waals surface area (Å²) < 4.78 is 1.94. The zero-order valence-corrected chi connectivity index (χ0v) is 13.8. The van der Waals surface area contributed by atoms with Gasteiger partial charge in [-0.05, 0) is 51.3 Å². The average Bonchev–Trinajstić information content (AvgIpc) is 2.88. The Morgan fingerprint density at radius 1 is 1.43 bits per heavy atom. The number of nitrogens with zero attached hydrogens (tertiary/aromatic N) is 2. The zero-order valence-electron chi connectivity index (χ0n) is 13.1. The first kappa shape index (κ1) is 16.4. The van der Waals surface area contributed by atoms with Crippen LogP contribution in [0.1, 0.15) is 43.6 Å². The second kappa shape index (κ2) is 7.85. The molecule has 4 nitrogen and oxygen atoms in total. The van der Waals surface area contributed by atoms with Gasteiger partial charge in [0.1, 0.15) is 5.69 Å². The first-order valence-corrected chi connectivity index (χ1v) is 8.39. The lowest BCUT2D eigenvalue weighted by molar-refractivity contribution is 0.0705. The molecule has 1 amide bonds. The van der Waals surface area contributed by atoms with Crippen LogP contribution in [0.5, 0.6) is 0 Å². The number of aryl methyl sites for hydroxylation is 1. The summed E-state index contributed by atoms with van der Waals surface area (Å²) >= 11 is 6.06. The molecule has 0 saturated carbocycles. The van der Waals surface area contributed by atoms with E-state index in [1.165, 1.54) is 0 Å². The molecule has 21 heavy (non-hydrogen) atoms. The summed E-state index contributed by atoms with van der Waals surface area (Å²) in [5.41, 5.74) is 0.713. The van der Waals surface area contributed by atoms with E-state index in [-0.39, 0.29) is 5.91 Å². The van der Waals surface area contributed by atoms with Gasteiger partial charge in [0.05, 0.1) is 5.02 Å². The molecule has 1 saturated heterocycles. The van der Waals surface area contributed by atoms with E-state index in [1.54, 1.807) is 6.07 Å². The topological polar surface area (TPSA) is 37.3 Å². The van der Waals surface area contributed by atoms with Crippen molar-refractivity contribution in [2.75, 3.05) is 26.2 Å². The first-order chi connectivity index (χ1) is 10.2. The van der Waals surface area contributed by atoms with E-state index in [4.69, 9.17) is 11.6 Å². The third-order valence-electron chi connectivity index (χ3n) is 4.14. The Balaban J connectivity index is 2.10. The predicted molar refractivity (Wildman–Crippen MR) is 86.9 cm³/mol. The molecule has 1 aromatic rings. The lowest BCUT2D eigenvalue weighted by atomic mass is 9.97. The maximum atomic E-state index is 12.8. The monoisotopic (exact) mass is 311 g/mol. The van der Waals surface area contributed by atoms with Gasteiger partial charge < -0.3 is 14.8 Å². The number of aromatic nitrogens is 1. The molecule has 0 spiro atoms. The smallest absolute Gasteiger partial charge is 0.270 e. The van der Waals surface area contributed by atoms with Crippen LogP contribution >= 0.6 is 11.6 Å². The van der Waals surface area contributed by atoms with Gasteiger partial charge in [-0.3, -0.25) is 4.79 Å². The van der Waals surface area contributed by atoms with Crippen molar-refractivity contribution in [1.82, 2.24) is 14.8 Å². The fourth-order valence-electron chi connectivity index (χ4n) is 3.00. The van der Waals surface area contributed by atoms with Crippen molar-refractivity contribution in [2.24, 2.45) is 5.92 Å². The van der Waals surface area contributed by atoms with Gasteiger partial charge in [0.25, 0.3) is 5.91 Å². The molecule has 0 radical (unpaired) electrons. The van der Waals surface area contributed by atoms with Gasteiger partial charge in [-0.15, -0.1) is 0 Å². The van der Waals surface area contributed by atoms with Gasteiger partial charge in [0.2, 0.25) is 0 Å². The van der Waals surface area contributed by atoms with E-state index >= 15 is 0 Å². The number of halogens is 1. The molecule has 1 aliphatic heterocycles. The van der Waals surface area contributed by atoms with E-state index in [0.717, 1.165) is 52.0 Å². The van der Waals surface area contributed by atoms with Crippen LogP contribution in [-0.2, 0) is 6.54 Å². The minimum absolute atomic E-state index is 0.115. The van der Waals surface area contributed by atoms with Crippen LogP contribution in [0.2, 0.25) is 5.02 Å². The number of amides is 1. The minimum atomic E-state index is 0.115. The summed E-state index contributed by atoms with van der Waals surface area (Å²) in [6.45, 7) is 8.72. The Labute approximate surface area is 132 Å². The van der Waals surface area contributed by atoms with Crippen LogP contribution in [0.3, 0.4) is 0 Å². The molecule has 2 rings (SSSR count). The van der Waals surface area contributed by atoms with E-state index in [2.05, 4.69) is 12.2 Å². The summed E-state index contributed by atoms with van der Waals surface area (Å²) in [5, 5.41) is 4.01. The molecule has 1 aromatic heterocycles. The molecule has 0 unspecified atom stereocenters. The van der Waals surface area contributed by atoms with Gasteiger partial charge >= 0.3 is 0 Å². The molecule has 0 bridgehead atoms. The lowest BCUT2D eigenvalue weighted by Gasteiger charge is -2.30. The molecule has 118 valence electrons. The van der Waals surface area contributed by atoms with Crippen LogP contribution in [0, 0.1) is 5.92 Å². The summed E-state index contributed by atoms with van der Waals surface area (Å²) in [7, 11) is 0. The van der Waals surface area contributed by atoms with Crippen molar-refractivity contribution in [3.8, 4) is 0 Å². The minimum Gasteiger partial charge on any atom is -0.342 e. The number of carbonyl (C=O) groups is 1. The molecule has 0 aliphatic carbocycles. The number of nitrogens with one attached hydrogen (secondary N) is 1. The SMILES string of the molecule is CCCN(CC1CCNCC1)C(=O)c1cc(Cl)cn1CC. The molecular formula is C16H26ClN3O. The number of rotatable bonds is 6. The largest absolute Gasteiger partial charge is 0.342 e. The molecule has 2 heterocycles. The van der Waals surface area contributed by atoms with Crippen molar-refractivity contribution >= 4 is 17.5 Å². The number of piperidine rings is 1. The van der Waals surface area contributed by atoms with Crippen molar-refractivity contribution in [3.05, 3.63) is 23.0 Å². The van der Waals surface area contributed by atoms with Gasteiger partial charge in [0.15, 0.2) is 0 Å². The third-order valence-corrected chi connectivity index (χ3v) is 4.35. The van der Waals surface area contributed by atoms with E-state index in [1.807, 2.05) is 22.6 Å². The molecule has 0 atom stereocenters. The highest BCUT2D eigenvalue weighted by Crippen LogP contribution is 2.19. The summed E-state index contributed by atoms with van der Waals surface area (Å²) in [6, 6.07) is 1.79. The van der Waals surface area contributed by atoms with E-state index in [9.17, 15) is 4.79 Å². The normalized spacial score (nSPS) is 16.1. The van der Waals surface area contributed by atoms with Crippen LogP contribution < -0.4 is 5.32 Å². The summed E-state index contributed by atoms with van der Waals surface area (Å²) in [6.07, 6.45) is 5.13. The standard InChI is InChI=1S/C16H26ClN3O/c1-3-9-20(11-13-5-7-18-8-6-13)16(21)15-10-14(17)12-19(15)4-2/h10,12-13,18H,3-9,11H2,1-2H3. The fourth-order valence-corrected chi connectivity index (χ4v) is 3.22. The number of carbonyl (C=O) groups excluding carboxylic acids is 1. The van der Waals surface area contributed by atoms with Crippen LogP contribution in [0.25, 0.3) is 0 Å². The maximum absolute atomic E-state index is 12.8. The molecule has 0 aromatic carbocycles. The van der Waals surface area contributed by atoms with Crippen molar-refractivity contribution in [1.29, 1.82) is 0 Å². The maximum Gasteiger partial charge on any atom is 0.270 e. The van der Waals surface area contributed by atoms with Crippen molar-refractivity contribution in [2.45, 2.75) is 39.7 Å². The van der Waals surface area contributed by atoms with Crippen LogP contribution in [-0.4, -0.2) is 41.6 Å². The number of hydrogen-bond acceptors (Lipinski definition) is 2. The fraction of sp³-hybridized carbons (Fsp3) is 0.688. The molecule has 1 aliphatic rings. The summed E-state index contributed by atoms with van der Waals surface area (Å²) in [4.78, 5) is 14.8. The second-order valence-electron chi connectivity index (χ2n) is 5.77. The Morgan fingerprint density at radius 2 is 2.14 bits per heavy atom. The Bertz CT molecular complexity index is 466. The predicted octanol–water partition coefficient (Wildman–Crippen LogP) is 3.01. The molecule has 1 N–H and O–H groups in total. The van der Waals surface area contributed by atoms with Crippen LogP contribution in [0.15, 0.2) is 12.3 Å². The van der Waals surface area contributed by atoms with Gasteiger partial charge in [-0.25, -0.2) is 0 Å². The van der Waals surface area contributed by atoms with E-state index < -0.39 is 0 Å². The second-order valence-corrected chi connectivity index (χ2v) is 6.21. The Morgan fingerprint density at radius 3 is 2.76 bits per heavy atom. The van der Waals surface area contributed by atoms with Crippen molar-refractivity contribution in [3.63, 3.8) is 0 Å². The van der Waals surface area contributed by atoms with Gasteiger partial charge in [-0.2, -0.15) is 0 Å². The summed E-state index contributed by atoms with van der Waals surface area (Å²) in [5.74, 6) is 0.728. The Hall–Kier alpha value is -1.00. The highest BCUT2D eigenvalue weighted by Gasteiger charge is 2.23. The highest BCUT2D eigenvalue weighted by molar-refractivity contribution is 6.31. The zero-order chi connectivity index (χ0) is 15.2. The van der Waals surface area contributed by atoms with E-state index in [0.29, 0.717) is 16.6 Å². The average molecular weight is 312 g/mol. The van der Waals surface area contributed by atoms with Gasteiger partial charge in [-0.1, -0.05) is 18.5 Å².